The summed E-state index contributed by atoms with van der Waals surface area (Å²) in [5.41, 5.74) is -0.535. The third kappa shape index (κ3) is 4.08. The van der Waals surface area contributed by atoms with Crippen molar-refractivity contribution in [1.82, 2.24) is 5.32 Å². The molecule has 4 nitrogen and oxygen atoms in total. The monoisotopic (exact) mass is 215 g/mol. The lowest BCUT2D eigenvalue weighted by atomic mass is 9.79. The van der Waals surface area contributed by atoms with E-state index in [0.29, 0.717) is 0 Å². The van der Waals surface area contributed by atoms with Crippen molar-refractivity contribution >= 4 is 6.09 Å². The summed E-state index contributed by atoms with van der Waals surface area (Å²) in [5, 5.41) is 21.2. The van der Waals surface area contributed by atoms with Crippen molar-refractivity contribution in [1.29, 1.82) is 0 Å². The van der Waals surface area contributed by atoms with Gasteiger partial charge in [0.2, 0.25) is 0 Å². The molecule has 1 aliphatic carbocycles. The van der Waals surface area contributed by atoms with Gasteiger partial charge in [-0.1, -0.05) is 19.8 Å². The van der Waals surface area contributed by atoms with E-state index < -0.39 is 11.7 Å². The Morgan fingerprint density at radius 2 is 2.07 bits per heavy atom. The molecule has 0 aromatic rings. The fourth-order valence-electron chi connectivity index (χ4n) is 2.23. The Balaban J connectivity index is 2.30. The molecule has 1 rings (SSSR count). The van der Waals surface area contributed by atoms with Crippen molar-refractivity contribution in [2.75, 3.05) is 0 Å². The fraction of sp³-hybridized carbons (Fsp3) is 0.909. The number of unbranched alkanes of at least 4 members (excludes halogenated alkanes) is 1. The van der Waals surface area contributed by atoms with Gasteiger partial charge in [0.25, 0.3) is 0 Å². The van der Waals surface area contributed by atoms with Crippen molar-refractivity contribution in [3.63, 3.8) is 0 Å². The van der Waals surface area contributed by atoms with E-state index in [0.717, 1.165) is 44.9 Å². The van der Waals surface area contributed by atoms with Crippen molar-refractivity contribution in [2.24, 2.45) is 0 Å². The Labute approximate surface area is 90.7 Å². The lowest BCUT2D eigenvalue weighted by Gasteiger charge is -2.36. The van der Waals surface area contributed by atoms with Crippen LogP contribution in [0.5, 0.6) is 0 Å². The lowest BCUT2D eigenvalue weighted by molar-refractivity contribution is -0.0123. The summed E-state index contributed by atoms with van der Waals surface area (Å²) < 4.78 is 0. The number of rotatable bonds is 4. The zero-order chi connectivity index (χ0) is 11.3. The molecule has 0 aromatic heterocycles. The van der Waals surface area contributed by atoms with Gasteiger partial charge in [0.05, 0.1) is 5.60 Å². The number of amides is 1. The number of carboxylic acid groups (broad SMARTS) is 1. The maximum absolute atomic E-state index is 10.4. The van der Waals surface area contributed by atoms with Gasteiger partial charge in [-0.05, 0) is 32.1 Å². The highest BCUT2D eigenvalue weighted by molar-refractivity contribution is 5.64. The number of carbonyl (C=O) groups is 1. The van der Waals surface area contributed by atoms with E-state index in [9.17, 15) is 9.90 Å². The molecule has 88 valence electrons. The summed E-state index contributed by atoms with van der Waals surface area (Å²) in [6, 6.07) is 0.0319. The molecule has 0 spiro atoms. The largest absolute Gasteiger partial charge is 0.465 e. The van der Waals surface area contributed by atoms with Gasteiger partial charge in [-0.15, -0.1) is 0 Å². The molecule has 4 heteroatoms. The molecular formula is C11H21NO3. The topological polar surface area (TPSA) is 69.6 Å². The first-order valence-electron chi connectivity index (χ1n) is 5.77. The predicted octanol–water partition coefficient (Wildman–Crippen LogP) is 2.12. The van der Waals surface area contributed by atoms with Gasteiger partial charge in [-0.25, -0.2) is 4.79 Å². The van der Waals surface area contributed by atoms with Gasteiger partial charge in [-0.3, -0.25) is 0 Å². The highest BCUT2D eigenvalue weighted by atomic mass is 16.4. The van der Waals surface area contributed by atoms with Crippen molar-refractivity contribution < 1.29 is 15.0 Å². The Kier molecular flexibility index (Phi) is 4.39. The van der Waals surface area contributed by atoms with Crippen LogP contribution in [-0.2, 0) is 0 Å². The van der Waals surface area contributed by atoms with Gasteiger partial charge in [0.15, 0.2) is 0 Å². The molecule has 0 radical (unpaired) electrons. The van der Waals surface area contributed by atoms with Crippen molar-refractivity contribution in [3.8, 4) is 0 Å². The van der Waals surface area contributed by atoms with E-state index in [1.165, 1.54) is 0 Å². The minimum atomic E-state index is -0.959. The van der Waals surface area contributed by atoms with E-state index in [4.69, 9.17) is 5.11 Å². The van der Waals surface area contributed by atoms with Crippen LogP contribution in [0.25, 0.3) is 0 Å². The van der Waals surface area contributed by atoms with Crippen LogP contribution in [-0.4, -0.2) is 27.9 Å². The second-order valence-corrected chi connectivity index (χ2v) is 4.55. The summed E-state index contributed by atoms with van der Waals surface area (Å²) in [4.78, 5) is 10.4. The Bertz CT molecular complexity index is 210. The Morgan fingerprint density at radius 1 is 1.47 bits per heavy atom. The molecule has 1 aliphatic rings. The van der Waals surface area contributed by atoms with Crippen LogP contribution >= 0.6 is 0 Å². The second-order valence-electron chi connectivity index (χ2n) is 4.55. The van der Waals surface area contributed by atoms with Gasteiger partial charge in [0.1, 0.15) is 0 Å². The molecule has 0 aliphatic heterocycles. The summed E-state index contributed by atoms with van der Waals surface area (Å²) >= 11 is 0. The number of hydrogen-bond acceptors (Lipinski definition) is 2. The molecule has 15 heavy (non-hydrogen) atoms. The molecule has 1 saturated carbocycles. The number of aliphatic hydroxyl groups is 1. The van der Waals surface area contributed by atoms with Crippen LogP contribution < -0.4 is 5.32 Å². The standard InChI is InChI=1S/C11H21NO3/c1-2-3-6-11(15)7-4-9(5-8-11)12-10(13)14/h9,12,15H,2-8H2,1H3,(H,13,14). The summed E-state index contributed by atoms with van der Waals surface area (Å²) in [5.74, 6) is 0. The first-order valence-corrected chi connectivity index (χ1v) is 5.77. The van der Waals surface area contributed by atoms with Gasteiger partial charge >= 0.3 is 6.09 Å². The smallest absolute Gasteiger partial charge is 0.404 e. The molecule has 3 N–H and O–H groups in total. The van der Waals surface area contributed by atoms with Crippen LogP contribution in [0.2, 0.25) is 0 Å². The highest BCUT2D eigenvalue weighted by Gasteiger charge is 2.32. The van der Waals surface area contributed by atoms with Crippen LogP contribution in [0.1, 0.15) is 51.9 Å². The highest BCUT2D eigenvalue weighted by Crippen LogP contribution is 2.32. The van der Waals surface area contributed by atoms with Crippen LogP contribution in [0, 0.1) is 0 Å². The molecule has 0 saturated heterocycles. The SMILES string of the molecule is CCCCC1(O)CCC(NC(=O)O)CC1. The third-order valence-electron chi connectivity index (χ3n) is 3.24. The second kappa shape index (κ2) is 5.35. The average Bonchev–Trinajstić information content (AvgIpc) is 2.19. The Morgan fingerprint density at radius 3 is 2.53 bits per heavy atom. The molecule has 0 heterocycles. The fourth-order valence-corrected chi connectivity index (χ4v) is 2.23. The van der Waals surface area contributed by atoms with Crippen molar-refractivity contribution in [2.45, 2.75) is 63.5 Å². The summed E-state index contributed by atoms with van der Waals surface area (Å²) in [6.07, 6.45) is 4.99. The zero-order valence-electron chi connectivity index (χ0n) is 9.33. The predicted molar refractivity (Wildman–Crippen MR) is 57.9 cm³/mol. The van der Waals surface area contributed by atoms with Gasteiger partial charge in [0, 0.05) is 6.04 Å². The minimum absolute atomic E-state index is 0.0319. The van der Waals surface area contributed by atoms with E-state index in [1.807, 2.05) is 0 Å². The molecular weight excluding hydrogens is 194 g/mol. The molecule has 0 unspecified atom stereocenters. The normalized spacial score (nSPS) is 31.2. The van der Waals surface area contributed by atoms with Crippen LogP contribution in [0.3, 0.4) is 0 Å². The van der Waals surface area contributed by atoms with E-state index >= 15 is 0 Å². The maximum atomic E-state index is 10.4. The molecule has 0 atom stereocenters. The maximum Gasteiger partial charge on any atom is 0.404 e. The first kappa shape index (κ1) is 12.3. The third-order valence-corrected chi connectivity index (χ3v) is 3.24. The zero-order valence-corrected chi connectivity index (χ0v) is 9.33. The molecule has 0 aromatic carbocycles. The number of hydrogen-bond donors (Lipinski definition) is 3. The molecule has 1 fully saturated rings. The molecule has 1 amide bonds. The van der Waals surface area contributed by atoms with Crippen LogP contribution in [0.4, 0.5) is 4.79 Å². The average molecular weight is 215 g/mol. The quantitative estimate of drug-likeness (QED) is 0.672. The van der Waals surface area contributed by atoms with E-state index in [1.54, 1.807) is 0 Å². The minimum Gasteiger partial charge on any atom is -0.465 e. The van der Waals surface area contributed by atoms with E-state index in [2.05, 4.69) is 12.2 Å². The summed E-state index contributed by atoms with van der Waals surface area (Å²) in [6.45, 7) is 2.11. The lowest BCUT2D eigenvalue weighted by Crippen LogP contribution is -2.42. The number of nitrogens with one attached hydrogen (secondary N) is 1. The summed E-state index contributed by atoms with van der Waals surface area (Å²) in [7, 11) is 0. The Hall–Kier alpha value is -0.770. The van der Waals surface area contributed by atoms with Gasteiger partial charge in [-0.2, -0.15) is 0 Å². The van der Waals surface area contributed by atoms with Crippen molar-refractivity contribution in [3.05, 3.63) is 0 Å². The first-order chi connectivity index (χ1) is 7.06. The van der Waals surface area contributed by atoms with E-state index in [-0.39, 0.29) is 6.04 Å². The molecule has 0 bridgehead atoms. The van der Waals surface area contributed by atoms with Gasteiger partial charge < -0.3 is 15.5 Å². The van der Waals surface area contributed by atoms with Crippen LogP contribution in [0.15, 0.2) is 0 Å².